The number of fused-ring (bicyclic) bond motifs is 8. The average molecular weight is 626 g/mol. The summed E-state index contributed by atoms with van der Waals surface area (Å²) in [5, 5.41) is 9.01. The summed E-state index contributed by atoms with van der Waals surface area (Å²) in [6.07, 6.45) is 0. The molecule has 8 aromatic carbocycles. The van der Waals surface area contributed by atoms with Crippen LogP contribution in [0.4, 0.5) is 0 Å². The highest BCUT2D eigenvalue weighted by atomic mass is 16.3. The maximum Gasteiger partial charge on any atom is 0.164 e. The predicted octanol–water partition coefficient (Wildman–Crippen LogP) is 11.9. The molecule has 0 fully saturated rings. The predicted molar refractivity (Wildman–Crippen MR) is 201 cm³/mol. The number of furan rings is 1. The average Bonchev–Trinajstić information content (AvgIpc) is 3.56. The molecular weight excluding hydrogens is 599 g/mol. The Morgan fingerprint density at radius 2 is 0.980 bits per heavy atom. The molecule has 0 atom stereocenters. The lowest BCUT2D eigenvalue weighted by molar-refractivity contribution is 0.670. The van der Waals surface area contributed by atoms with Crippen LogP contribution in [-0.4, -0.2) is 15.0 Å². The van der Waals surface area contributed by atoms with Crippen molar-refractivity contribution in [2.24, 2.45) is 0 Å². The molecule has 0 amide bonds. The Hall–Kier alpha value is -6.65. The fourth-order valence-electron chi connectivity index (χ4n) is 7.17. The zero-order valence-corrected chi connectivity index (χ0v) is 26.3. The minimum atomic E-state index is 0.600. The van der Waals surface area contributed by atoms with Crippen LogP contribution in [0.1, 0.15) is 0 Å². The minimum absolute atomic E-state index is 0.600. The number of benzene rings is 8. The standard InChI is InChI=1S/C45H27N3O/c1-3-13-29(14-4-1)35-20-11-21-37-41-39(49-42(35)37)27-38(36-25-24-30-15-9-10-19-34(30)40(36)41)45-47-43(31-16-5-2-6-17-31)46-44(48-45)33-23-22-28-12-7-8-18-32(28)26-33/h1-27H. The fourth-order valence-corrected chi connectivity index (χ4v) is 7.17. The molecule has 10 aromatic rings. The van der Waals surface area contributed by atoms with Gasteiger partial charge in [-0.15, -0.1) is 0 Å². The van der Waals surface area contributed by atoms with Crippen LogP contribution in [0.25, 0.3) is 99.5 Å². The summed E-state index contributed by atoms with van der Waals surface area (Å²) in [5.41, 5.74) is 6.61. The molecule has 2 aromatic heterocycles. The molecule has 0 bridgehead atoms. The Kier molecular flexibility index (Phi) is 6.15. The SMILES string of the molecule is c1ccc(-c2nc(-c3ccc4ccccc4c3)nc(-c3cc4oc5c(-c6ccccc6)cccc5c4c4c3ccc3ccccc34)n2)cc1. The summed E-state index contributed by atoms with van der Waals surface area (Å²) in [6, 6.07) is 56.8. The lowest BCUT2D eigenvalue weighted by atomic mass is 9.93. The molecule has 0 spiro atoms. The van der Waals surface area contributed by atoms with Crippen LogP contribution in [0.3, 0.4) is 0 Å². The van der Waals surface area contributed by atoms with Gasteiger partial charge in [-0.3, -0.25) is 0 Å². The van der Waals surface area contributed by atoms with Gasteiger partial charge in [0.05, 0.1) is 0 Å². The molecule has 4 nitrogen and oxygen atoms in total. The van der Waals surface area contributed by atoms with Gasteiger partial charge in [0.15, 0.2) is 17.5 Å². The van der Waals surface area contributed by atoms with Crippen LogP contribution in [0.2, 0.25) is 0 Å². The fraction of sp³-hybridized carbons (Fsp3) is 0. The summed E-state index contributed by atoms with van der Waals surface area (Å²) >= 11 is 0. The van der Waals surface area contributed by atoms with Crippen LogP contribution >= 0.6 is 0 Å². The number of aromatic nitrogens is 3. The van der Waals surface area contributed by atoms with Crippen molar-refractivity contribution >= 4 is 54.3 Å². The van der Waals surface area contributed by atoms with Gasteiger partial charge < -0.3 is 4.42 Å². The van der Waals surface area contributed by atoms with E-state index >= 15 is 0 Å². The first kappa shape index (κ1) is 27.5. The Bertz CT molecular complexity index is 2880. The van der Waals surface area contributed by atoms with Crippen molar-refractivity contribution in [1.29, 1.82) is 0 Å². The maximum atomic E-state index is 6.86. The molecule has 0 N–H and O–H groups in total. The van der Waals surface area contributed by atoms with Crippen molar-refractivity contribution in [3.05, 3.63) is 164 Å². The molecular formula is C45H27N3O. The van der Waals surface area contributed by atoms with Gasteiger partial charge in [0.2, 0.25) is 0 Å². The molecule has 2 heterocycles. The lowest BCUT2D eigenvalue weighted by Crippen LogP contribution is -2.00. The first-order valence-electron chi connectivity index (χ1n) is 16.4. The van der Waals surface area contributed by atoms with Gasteiger partial charge in [-0.1, -0.05) is 152 Å². The van der Waals surface area contributed by atoms with E-state index in [0.717, 1.165) is 71.3 Å². The zero-order chi connectivity index (χ0) is 32.3. The quantitative estimate of drug-likeness (QED) is 0.183. The molecule has 4 heteroatoms. The molecule has 0 saturated heterocycles. The lowest BCUT2D eigenvalue weighted by Gasteiger charge is -2.13. The molecule has 10 rings (SSSR count). The van der Waals surface area contributed by atoms with Gasteiger partial charge in [0.25, 0.3) is 0 Å². The zero-order valence-electron chi connectivity index (χ0n) is 26.3. The second-order valence-corrected chi connectivity index (χ2v) is 12.4. The Morgan fingerprint density at radius 3 is 1.80 bits per heavy atom. The number of hydrogen-bond donors (Lipinski definition) is 0. The van der Waals surface area contributed by atoms with Crippen molar-refractivity contribution in [2.75, 3.05) is 0 Å². The van der Waals surface area contributed by atoms with Gasteiger partial charge in [-0.05, 0) is 44.6 Å². The van der Waals surface area contributed by atoms with E-state index in [-0.39, 0.29) is 0 Å². The topological polar surface area (TPSA) is 51.8 Å². The highest BCUT2D eigenvalue weighted by Gasteiger charge is 2.21. The normalized spacial score (nSPS) is 11.7. The number of rotatable bonds is 4. The number of para-hydroxylation sites is 1. The highest BCUT2D eigenvalue weighted by Crippen LogP contribution is 2.44. The largest absolute Gasteiger partial charge is 0.455 e. The molecule has 0 aliphatic carbocycles. The second-order valence-electron chi connectivity index (χ2n) is 12.4. The van der Waals surface area contributed by atoms with E-state index in [0.29, 0.717) is 17.5 Å². The molecule has 49 heavy (non-hydrogen) atoms. The van der Waals surface area contributed by atoms with Gasteiger partial charge in [0.1, 0.15) is 11.2 Å². The van der Waals surface area contributed by atoms with Crippen LogP contribution < -0.4 is 0 Å². The third kappa shape index (κ3) is 4.49. The maximum absolute atomic E-state index is 6.86. The van der Waals surface area contributed by atoms with Gasteiger partial charge in [-0.2, -0.15) is 0 Å². The van der Waals surface area contributed by atoms with E-state index in [1.807, 2.05) is 36.4 Å². The highest BCUT2D eigenvalue weighted by molar-refractivity contribution is 6.30. The van der Waals surface area contributed by atoms with Crippen molar-refractivity contribution in [2.45, 2.75) is 0 Å². The first-order valence-corrected chi connectivity index (χ1v) is 16.4. The van der Waals surface area contributed by atoms with Gasteiger partial charge in [0, 0.05) is 38.4 Å². The van der Waals surface area contributed by atoms with E-state index in [1.54, 1.807) is 0 Å². The monoisotopic (exact) mass is 625 g/mol. The van der Waals surface area contributed by atoms with E-state index in [2.05, 4.69) is 127 Å². The van der Waals surface area contributed by atoms with E-state index in [4.69, 9.17) is 19.4 Å². The summed E-state index contributed by atoms with van der Waals surface area (Å²) < 4.78 is 6.86. The van der Waals surface area contributed by atoms with E-state index < -0.39 is 0 Å². The summed E-state index contributed by atoms with van der Waals surface area (Å²) in [6.45, 7) is 0. The van der Waals surface area contributed by atoms with E-state index in [1.165, 1.54) is 10.8 Å². The summed E-state index contributed by atoms with van der Waals surface area (Å²) in [7, 11) is 0. The Balaban J connectivity index is 1.31. The van der Waals surface area contributed by atoms with Crippen molar-refractivity contribution in [3.8, 4) is 45.3 Å². The van der Waals surface area contributed by atoms with Crippen LogP contribution in [0.15, 0.2) is 168 Å². The summed E-state index contributed by atoms with van der Waals surface area (Å²) in [5.74, 6) is 1.85. The smallest absolute Gasteiger partial charge is 0.164 e. The van der Waals surface area contributed by atoms with Crippen molar-refractivity contribution in [3.63, 3.8) is 0 Å². The Labute approximate surface area is 282 Å². The molecule has 0 radical (unpaired) electrons. The molecule has 0 unspecified atom stereocenters. The molecule has 228 valence electrons. The van der Waals surface area contributed by atoms with Crippen molar-refractivity contribution < 1.29 is 4.42 Å². The van der Waals surface area contributed by atoms with Crippen LogP contribution in [0.5, 0.6) is 0 Å². The van der Waals surface area contributed by atoms with E-state index in [9.17, 15) is 0 Å². The van der Waals surface area contributed by atoms with Crippen LogP contribution in [0, 0.1) is 0 Å². The molecule has 0 aliphatic heterocycles. The number of hydrogen-bond acceptors (Lipinski definition) is 4. The molecule has 0 aliphatic rings. The first-order chi connectivity index (χ1) is 24.3. The second kappa shape index (κ2) is 11.0. The third-order valence-electron chi connectivity index (χ3n) is 9.49. The van der Waals surface area contributed by atoms with Gasteiger partial charge >= 0.3 is 0 Å². The minimum Gasteiger partial charge on any atom is -0.455 e. The third-order valence-corrected chi connectivity index (χ3v) is 9.49. The number of nitrogens with zero attached hydrogens (tertiary/aromatic N) is 3. The van der Waals surface area contributed by atoms with Gasteiger partial charge in [-0.25, -0.2) is 15.0 Å². The molecule has 0 saturated carbocycles. The van der Waals surface area contributed by atoms with Crippen LogP contribution in [-0.2, 0) is 0 Å². The van der Waals surface area contributed by atoms with Crippen molar-refractivity contribution in [1.82, 2.24) is 15.0 Å². The summed E-state index contributed by atoms with van der Waals surface area (Å²) in [4.78, 5) is 15.4. The Morgan fingerprint density at radius 1 is 0.347 bits per heavy atom.